The lowest BCUT2D eigenvalue weighted by atomic mass is 10.1. The van der Waals surface area contributed by atoms with Crippen LogP contribution in [-0.4, -0.2) is 54.5 Å². The molecule has 2 rings (SSSR count). The van der Waals surface area contributed by atoms with Gasteiger partial charge in [0.15, 0.2) is 0 Å². The third-order valence-corrected chi connectivity index (χ3v) is 4.26. The first-order valence-corrected chi connectivity index (χ1v) is 8.75. The average molecular weight is 336 g/mol. The summed E-state index contributed by atoms with van der Waals surface area (Å²) in [5.74, 6) is 0.370. The van der Waals surface area contributed by atoms with Crippen molar-refractivity contribution >= 4 is 5.91 Å². The summed E-state index contributed by atoms with van der Waals surface area (Å²) in [6, 6.07) is 6.61. The van der Waals surface area contributed by atoms with Gasteiger partial charge in [0.2, 0.25) is 5.91 Å². The molecule has 1 amide bonds. The van der Waals surface area contributed by atoms with E-state index in [2.05, 4.69) is 32.6 Å². The Labute approximate surface area is 144 Å². The fourth-order valence-corrected chi connectivity index (χ4v) is 3.00. The molecule has 1 heterocycles. The van der Waals surface area contributed by atoms with Crippen molar-refractivity contribution in [2.75, 3.05) is 32.8 Å². The lowest BCUT2D eigenvalue weighted by molar-refractivity contribution is -0.136. The summed E-state index contributed by atoms with van der Waals surface area (Å²) in [6.45, 7) is 11.5. The Bertz CT molecular complexity index is 531. The highest BCUT2D eigenvalue weighted by Crippen LogP contribution is 2.22. The number of rotatable bonds is 6. The summed E-state index contributed by atoms with van der Waals surface area (Å²) in [5, 5.41) is 0. The number of carbonyl (C=O) groups is 1. The van der Waals surface area contributed by atoms with Crippen LogP contribution in [0.3, 0.4) is 0 Å². The molecule has 1 fully saturated rings. The van der Waals surface area contributed by atoms with Crippen LogP contribution in [0.5, 0.6) is 0 Å². The molecule has 24 heavy (non-hydrogen) atoms. The Hall–Kier alpha value is -1.46. The highest BCUT2D eigenvalue weighted by Gasteiger charge is 2.26. The fraction of sp³-hybridized carbons (Fsp3) is 0.632. The summed E-state index contributed by atoms with van der Waals surface area (Å²) < 4.78 is 18.9. The summed E-state index contributed by atoms with van der Waals surface area (Å²) in [5.41, 5.74) is 0.955. The number of benzene rings is 1. The Kier molecular flexibility index (Phi) is 6.75. The van der Waals surface area contributed by atoms with Gasteiger partial charge in [-0.05, 0) is 37.5 Å². The summed E-state index contributed by atoms with van der Waals surface area (Å²) in [6.07, 6.45) is -0.107. The molecule has 1 aromatic rings. The van der Waals surface area contributed by atoms with E-state index in [9.17, 15) is 9.18 Å². The van der Waals surface area contributed by atoms with Gasteiger partial charge in [0, 0.05) is 25.7 Å². The second-order valence-corrected chi connectivity index (χ2v) is 7.18. The van der Waals surface area contributed by atoms with Crippen LogP contribution in [0.2, 0.25) is 0 Å². The van der Waals surface area contributed by atoms with Gasteiger partial charge < -0.3 is 9.64 Å². The molecule has 0 radical (unpaired) electrons. The van der Waals surface area contributed by atoms with Gasteiger partial charge in [-0.2, -0.15) is 0 Å². The molecule has 0 aliphatic carbocycles. The Morgan fingerprint density at radius 3 is 2.54 bits per heavy atom. The molecular weight excluding hydrogens is 307 g/mol. The van der Waals surface area contributed by atoms with Crippen molar-refractivity contribution in [3.05, 3.63) is 35.6 Å². The second-order valence-electron chi connectivity index (χ2n) is 7.18. The van der Waals surface area contributed by atoms with Gasteiger partial charge in [0.05, 0.1) is 19.3 Å². The van der Waals surface area contributed by atoms with Crippen LogP contribution in [0, 0.1) is 11.7 Å². The van der Waals surface area contributed by atoms with Gasteiger partial charge in [-0.15, -0.1) is 0 Å². The average Bonchev–Trinajstić information content (AvgIpc) is 2.53. The Morgan fingerprint density at radius 2 is 1.96 bits per heavy atom. The largest absolute Gasteiger partial charge is 0.371 e. The molecule has 0 saturated carbocycles. The number of ether oxygens (including phenoxy) is 1. The first-order valence-electron chi connectivity index (χ1n) is 8.75. The van der Waals surface area contributed by atoms with Crippen molar-refractivity contribution in [2.45, 2.75) is 39.8 Å². The van der Waals surface area contributed by atoms with Crippen molar-refractivity contribution in [1.82, 2.24) is 9.80 Å². The zero-order valence-electron chi connectivity index (χ0n) is 15.2. The number of carbonyl (C=O) groups excluding carboxylic acids is 1. The molecule has 134 valence electrons. The molecular formula is C19H29FN2O2. The van der Waals surface area contributed by atoms with Crippen molar-refractivity contribution in [3.63, 3.8) is 0 Å². The van der Waals surface area contributed by atoms with Crippen molar-refractivity contribution in [3.8, 4) is 0 Å². The van der Waals surface area contributed by atoms with Crippen LogP contribution in [0.15, 0.2) is 24.3 Å². The van der Waals surface area contributed by atoms with E-state index in [0.29, 0.717) is 25.6 Å². The number of halogens is 1. The quantitative estimate of drug-likeness (QED) is 0.800. The van der Waals surface area contributed by atoms with Crippen molar-refractivity contribution < 1.29 is 13.9 Å². The smallest absolute Gasteiger partial charge is 0.236 e. The van der Waals surface area contributed by atoms with Gasteiger partial charge in [-0.25, -0.2) is 4.39 Å². The molecule has 1 aliphatic heterocycles. The zero-order chi connectivity index (χ0) is 17.7. The SMILES string of the molecule is CC(C)CN(C(=O)CN1CCO[C@H](c2ccc(F)cc2)C1)C(C)C. The topological polar surface area (TPSA) is 32.8 Å². The molecule has 0 unspecified atom stereocenters. The van der Waals surface area contributed by atoms with Gasteiger partial charge in [-0.3, -0.25) is 9.69 Å². The number of hydrogen-bond acceptors (Lipinski definition) is 3. The molecule has 0 N–H and O–H groups in total. The van der Waals surface area contributed by atoms with Crippen LogP contribution in [0.1, 0.15) is 39.4 Å². The molecule has 0 bridgehead atoms. The van der Waals surface area contributed by atoms with Crippen LogP contribution in [-0.2, 0) is 9.53 Å². The molecule has 1 aliphatic rings. The zero-order valence-corrected chi connectivity index (χ0v) is 15.2. The minimum atomic E-state index is -0.247. The molecule has 0 aromatic heterocycles. The Balaban J connectivity index is 1.96. The van der Waals surface area contributed by atoms with E-state index in [0.717, 1.165) is 18.7 Å². The maximum atomic E-state index is 13.1. The Morgan fingerprint density at radius 1 is 1.29 bits per heavy atom. The molecule has 1 saturated heterocycles. The normalized spacial score (nSPS) is 19.0. The highest BCUT2D eigenvalue weighted by atomic mass is 19.1. The fourth-order valence-electron chi connectivity index (χ4n) is 3.00. The minimum Gasteiger partial charge on any atom is -0.371 e. The molecule has 4 nitrogen and oxygen atoms in total. The number of nitrogens with zero attached hydrogens (tertiary/aromatic N) is 2. The van der Waals surface area contributed by atoms with Crippen LogP contribution >= 0.6 is 0 Å². The van der Waals surface area contributed by atoms with Crippen molar-refractivity contribution in [2.24, 2.45) is 5.92 Å². The predicted octanol–water partition coefficient (Wildman–Crippen LogP) is 3.09. The van der Waals surface area contributed by atoms with E-state index in [1.807, 2.05) is 4.90 Å². The highest BCUT2D eigenvalue weighted by molar-refractivity contribution is 5.78. The van der Waals surface area contributed by atoms with Gasteiger partial charge in [0.25, 0.3) is 0 Å². The molecule has 0 spiro atoms. The van der Waals surface area contributed by atoms with E-state index >= 15 is 0 Å². The molecule has 1 aromatic carbocycles. The lowest BCUT2D eigenvalue weighted by Crippen LogP contribution is -2.48. The molecule has 5 heteroatoms. The minimum absolute atomic E-state index is 0.107. The number of hydrogen-bond donors (Lipinski definition) is 0. The summed E-state index contributed by atoms with van der Waals surface area (Å²) >= 11 is 0. The first-order chi connectivity index (χ1) is 11.4. The van der Waals surface area contributed by atoms with Crippen LogP contribution in [0.25, 0.3) is 0 Å². The summed E-state index contributed by atoms with van der Waals surface area (Å²) in [4.78, 5) is 16.8. The maximum Gasteiger partial charge on any atom is 0.236 e. The third-order valence-electron chi connectivity index (χ3n) is 4.26. The third kappa shape index (κ3) is 5.28. The predicted molar refractivity (Wildman–Crippen MR) is 93.2 cm³/mol. The van der Waals surface area contributed by atoms with Gasteiger partial charge >= 0.3 is 0 Å². The van der Waals surface area contributed by atoms with Crippen molar-refractivity contribution in [1.29, 1.82) is 0 Å². The van der Waals surface area contributed by atoms with Crippen LogP contribution < -0.4 is 0 Å². The van der Waals surface area contributed by atoms with E-state index in [4.69, 9.17) is 4.74 Å². The van der Waals surface area contributed by atoms with Gasteiger partial charge in [0.1, 0.15) is 5.82 Å². The molecule has 1 atom stereocenters. The summed E-state index contributed by atoms with van der Waals surface area (Å²) in [7, 11) is 0. The van der Waals surface area contributed by atoms with Crippen LogP contribution in [0.4, 0.5) is 4.39 Å². The van der Waals surface area contributed by atoms with E-state index < -0.39 is 0 Å². The van der Waals surface area contributed by atoms with E-state index in [1.165, 1.54) is 12.1 Å². The number of amides is 1. The van der Waals surface area contributed by atoms with Gasteiger partial charge in [-0.1, -0.05) is 26.0 Å². The lowest BCUT2D eigenvalue weighted by Gasteiger charge is -2.35. The second kappa shape index (κ2) is 8.58. The van der Waals surface area contributed by atoms with E-state index in [-0.39, 0.29) is 23.9 Å². The number of morpholine rings is 1. The maximum absolute atomic E-state index is 13.1. The first kappa shape index (κ1) is 18.9. The van der Waals surface area contributed by atoms with E-state index in [1.54, 1.807) is 12.1 Å². The monoisotopic (exact) mass is 336 g/mol. The standard InChI is InChI=1S/C19H29FN2O2/c1-14(2)11-22(15(3)4)19(23)13-21-9-10-24-18(12-21)16-5-7-17(20)8-6-16/h5-8,14-15,18H,9-13H2,1-4H3/t18-/m0/s1.